The number of carbonyl (C=O) groups excluding carboxylic acids is 8. The van der Waals surface area contributed by atoms with Crippen LogP contribution in [-0.4, -0.2) is 132 Å². The van der Waals surface area contributed by atoms with Gasteiger partial charge in [0, 0.05) is 38.9 Å². The van der Waals surface area contributed by atoms with E-state index in [9.17, 15) is 43.5 Å². The van der Waals surface area contributed by atoms with Gasteiger partial charge in [-0.05, 0) is 73.6 Å². The SMILES string of the molecule is CC(C)C[C@H](C)C(=O)N[C@H](C(=O)N[C@H](C(=O)N[C@@H](CCCN=C(N)N)C(=O)N[C@@H](CCC(N)=O)C(=O)N(C)[C@@H](CCCN=C(N)N)C(=O)N[C@@H](Cc1ccc2ccccc2c1)C(N)=O)[C@@H](C)O)C(C)C. The molecule has 0 spiro atoms. The summed E-state index contributed by atoms with van der Waals surface area (Å²) in [6.45, 7) is 10.4. The van der Waals surface area contributed by atoms with Crippen molar-refractivity contribution in [3.8, 4) is 0 Å². The molecule has 23 heteroatoms. The lowest BCUT2D eigenvalue weighted by Gasteiger charge is -2.32. The van der Waals surface area contributed by atoms with Crippen molar-refractivity contribution in [2.45, 2.75) is 135 Å². The van der Waals surface area contributed by atoms with Crippen LogP contribution in [0.1, 0.15) is 92.1 Å². The number of amides is 8. The fourth-order valence-corrected chi connectivity index (χ4v) is 7.63. The van der Waals surface area contributed by atoms with Crippen molar-refractivity contribution in [3.05, 3.63) is 48.0 Å². The molecule has 2 aromatic carbocycles. The van der Waals surface area contributed by atoms with Crippen LogP contribution >= 0.6 is 0 Å². The minimum absolute atomic E-state index is 0.0140. The minimum atomic E-state index is -1.63. The Morgan fingerprint density at radius 2 is 1.16 bits per heavy atom. The number of hydrogen-bond acceptors (Lipinski definition) is 11. The Morgan fingerprint density at radius 1 is 0.614 bits per heavy atom. The maximum Gasteiger partial charge on any atom is 0.245 e. The first kappa shape index (κ1) is 59.1. The van der Waals surface area contributed by atoms with Crippen molar-refractivity contribution in [2.75, 3.05) is 20.1 Å². The number of aliphatic hydroxyl groups is 1. The summed E-state index contributed by atoms with van der Waals surface area (Å²) in [6.07, 6.45) is -1.58. The molecule has 70 heavy (non-hydrogen) atoms. The van der Waals surface area contributed by atoms with Crippen LogP contribution in [0.5, 0.6) is 0 Å². The number of aliphatic hydroxyl groups excluding tert-OH is 1. The van der Waals surface area contributed by atoms with Gasteiger partial charge in [-0.25, -0.2) is 0 Å². The average Bonchev–Trinajstić information content (AvgIpc) is 3.27. The van der Waals surface area contributed by atoms with Gasteiger partial charge in [0.25, 0.3) is 0 Å². The largest absolute Gasteiger partial charge is 0.391 e. The molecule has 18 N–H and O–H groups in total. The Hall–Kier alpha value is -7.04. The van der Waals surface area contributed by atoms with Gasteiger partial charge in [-0.15, -0.1) is 0 Å². The smallest absolute Gasteiger partial charge is 0.245 e. The highest BCUT2D eigenvalue weighted by Gasteiger charge is 2.37. The van der Waals surface area contributed by atoms with Crippen molar-refractivity contribution in [2.24, 2.45) is 62.1 Å². The normalized spacial score (nSPS) is 14.6. The standard InChI is InChI=1S/C47H76N14O9/c1-25(2)22-27(5)40(65)59-37(26(3)4)43(68)60-38(28(6)62)44(69)56-32(14-10-20-54-46(50)51)41(66)57-33(18-19-36(48)63)45(70)61(7)35(15-11-21-55-47(52)53)42(67)58-34(39(49)64)24-29-16-17-30-12-8-9-13-31(30)23-29/h8-9,12-13,16-17,23,25-28,32-35,37-38,62H,10-11,14-15,18-22,24H2,1-7H3,(H2,48,63)(H2,49,64)(H,56,69)(H,57,66)(H,58,67)(H,59,65)(H,60,68)(H4,50,51,54)(H4,52,53,55)/t27-,28+,32-,33-,34-,35-,37-,38-/m0/s1. The second-order valence-electron chi connectivity index (χ2n) is 18.3. The van der Waals surface area contributed by atoms with Crippen molar-refractivity contribution < 1.29 is 43.5 Å². The van der Waals surface area contributed by atoms with Gasteiger partial charge in [-0.3, -0.25) is 48.3 Å². The van der Waals surface area contributed by atoms with Gasteiger partial charge >= 0.3 is 0 Å². The van der Waals surface area contributed by atoms with Crippen LogP contribution in [0.3, 0.4) is 0 Å². The van der Waals surface area contributed by atoms with Crippen LogP contribution < -0.4 is 61.0 Å². The van der Waals surface area contributed by atoms with E-state index in [-0.39, 0.29) is 75.4 Å². The van der Waals surface area contributed by atoms with Crippen LogP contribution in [0.15, 0.2) is 52.4 Å². The zero-order valence-corrected chi connectivity index (χ0v) is 41.4. The molecule has 0 radical (unpaired) electrons. The number of fused-ring (bicyclic) bond motifs is 1. The molecular formula is C47H76N14O9. The molecule has 388 valence electrons. The molecule has 0 aromatic heterocycles. The number of nitrogens with zero attached hydrogens (tertiary/aromatic N) is 3. The Kier molecular flexibility index (Phi) is 24.6. The molecule has 0 aliphatic rings. The molecule has 8 atom stereocenters. The molecule has 0 saturated carbocycles. The molecule has 0 unspecified atom stereocenters. The molecule has 0 fully saturated rings. The summed E-state index contributed by atoms with van der Waals surface area (Å²) in [5.41, 5.74) is 34.0. The molecule has 0 heterocycles. The lowest BCUT2D eigenvalue weighted by atomic mass is 9.96. The Morgan fingerprint density at radius 3 is 1.70 bits per heavy atom. The zero-order valence-electron chi connectivity index (χ0n) is 41.4. The topological polar surface area (TPSA) is 401 Å². The summed E-state index contributed by atoms with van der Waals surface area (Å²) in [6, 6.07) is 4.88. The number of aliphatic imine (C=N–C) groups is 2. The van der Waals surface area contributed by atoms with Crippen molar-refractivity contribution in [1.29, 1.82) is 0 Å². The van der Waals surface area contributed by atoms with Gasteiger partial charge in [-0.2, -0.15) is 0 Å². The van der Waals surface area contributed by atoms with Crippen LogP contribution in [0.4, 0.5) is 0 Å². The highest BCUT2D eigenvalue weighted by atomic mass is 16.3. The maximum atomic E-state index is 14.5. The first-order valence-corrected chi connectivity index (χ1v) is 23.4. The lowest BCUT2D eigenvalue weighted by Crippen LogP contribution is -2.62. The average molecular weight is 981 g/mol. The van der Waals surface area contributed by atoms with Gasteiger partial charge < -0.3 is 71.0 Å². The van der Waals surface area contributed by atoms with E-state index >= 15 is 0 Å². The van der Waals surface area contributed by atoms with Crippen LogP contribution in [-0.2, 0) is 44.8 Å². The second kappa shape index (κ2) is 29.1. The molecule has 0 bridgehead atoms. The molecule has 2 rings (SSSR count). The van der Waals surface area contributed by atoms with Gasteiger partial charge in [0.15, 0.2) is 11.9 Å². The number of primary amides is 2. The summed E-state index contributed by atoms with van der Waals surface area (Å²) >= 11 is 0. The van der Waals surface area contributed by atoms with E-state index in [0.29, 0.717) is 12.0 Å². The highest BCUT2D eigenvalue weighted by Crippen LogP contribution is 2.18. The van der Waals surface area contributed by atoms with E-state index in [1.807, 2.05) is 50.2 Å². The van der Waals surface area contributed by atoms with Gasteiger partial charge in [0.1, 0.15) is 36.3 Å². The number of rotatable bonds is 30. The van der Waals surface area contributed by atoms with E-state index in [2.05, 4.69) is 36.6 Å². The van der Waals surface area contributed by atoms with E-state index in [0.717, 1.165) is 15.7 Å². The Balaban J connectivity index is 2.48. The molecule has 0 aliphatic carbocycles. The predicted molar refractivity (Wildman–Crippen MR) is 266 cm³/mol. The van der Waals surface area contributed by atoms with Crippen LogP contribution in [0, 0.1) is 17.8 Å². The third-order valence-corrected chi connectivity index (χ3v) is 11.4. The van der Waals surface area contributed by atoms with E-state index in [1.165, 1.54) is 14.0 Å². The summed E-state index contributed by atoms with van der Waals surface area (Å²) in [7, 11) is 1.29. The first-order valence-electron chi connectivity index (χ1n) is 23.4. The number of guanidine groups is 2. The summed E-state index contributed by atoms with van der Waals surface area (Å²) < 4.78 is 0. The first-order chi connectivity index (χ1) is 32.8. The quantitative estimate of drug-likeness (QED) is 0.0234. The highest BCUT2D eigenvalue weighted by molar-refractivity contribution is 5.97. The van der Waals surface area contributed by atoms with Crippen molar-refractivity contribution >= 4 is 69.9 Å². The maximum absolute atomic E-state index is 14.5. The van der Waals surface area contributed by atoms with Crippen LogP contribution in [0.25, 0.3) is 10.8 Å². The number of carbonyl (C=O) groups is 8. The lowest BCUT2D eigenvalue weighted by molar-refractivity contribution is -0.143. The molecule has 0 saturated heterocycles. The monoisotopic (exact) mass is 981 g/mol. The summed E-state index contributed by atoms with van der Waals surface area (Å²) in [5.74, 6) is -7.42. The van der Waals surface area contributed by atoms with Crippen molar-refractivity contribution in [3.63, 3.8) is 0 Å². The molecule has 8 amide bonds. The molecule has 2 aromatic rings. The number of nitrogens with two attached hydrogens (primary N) is 6. The van der Waals surface area contributed by atoms with E-state index < -0.39 is 102 Å². The number of benzene rings is 2. The van der Waals surface area contributed by atoms with Gasteiger partial charge in [-0.1, -0.05) is 77.1 Å². The van der Waals surface area contributed by atoms with E-state index in [4.69, 9.17) is 34.4 Å². The molecular weight excluding hydrogens is 905 g/mol. The number of nitrogens with one attached hydrogen (secondary N) is 5. The predicted octanol–water partition coefficient (Wildman–Crippen LogP) is -1.79. The molecule has 0 aliphatic heterocycles. The van der Waals surface area contributed by atoms with Crippen LogP contribution in [0.2, 0.25) is 0 Å². The zero-order chi connectivity index (χ0) is 52.8. The second-order valence-corrected chi connectivity index (χ2v) is 18.3. The van der Waals surface area contributed by atoms with Gasteiger partial charge in [0.05, 0.1) is 6.10 Å². The van der Waals surface area contributed by atoms with Crippen molar-refractivity contribution in [1.82, 2.24) is 31.5 Å². The van der Waals surface area contributed by atoms with E-state index in [1.54, 1.807) is 26.8 Å². The minimum Gasteiger partial charge on any atom is -0.391 e. The fourth-order valence-electron chi connectivity index (χ4n) is 7.63. The summed E-state index contributed by atoms with van der Waals surface area (Å²) in [5, 5.41) is 25.7. The Labute approximate surface area is 409 Å². The van der Waals surface area contributed by atoms with Gasteiger partial charge in [0.2, 0.25) is 47.3 Å². The third kappa shape index (κ3) is 20.3. The number of likely N-dealkylation sites (N-methyl/N-ethyl adjacent to an activating group) is 1. The summed E-state index contributed by atoms with van der Waals surface area (Å²) in [4.78, 5) is 117. The fraction of sp³-hybridized carbons (Fsp3) is 0.574. The third-order valence-electron chi connectivity index (χ3n) is 11.4. The Bertz CT molecular complexity index is 2170. The molecule has 23 nitrogen and oxygen atoms in total. The number of hydrogen-bond donors (Lipinski definition) is 12.